The number of halogens is 3. The Labute approximate surface area is 148 Å². The van der Waals surface area contributed by atoms with E-state index in [-0.39, 0.29) is 30.2 Å². The zero-order valence-electron chi connectivity index (χ0n) is 12.4. The van der Waals surface area contributed by atoms with Crippen LogP contribution in [0.2, 0.25) is 0 Å². The van der Waals surface area contributed by atoms with Crippen LogP contribution in [0.4, 0.5) is 4.39 Å². The third kappa shape index (κ3) is 2.77. The maximum atomic E-state index is 13.9. The number of aromatic amines is 1. The van der Waals surface area contributed by atoms with Crippen molar-refractivity contribution in [3.8, 4) is 0 Å². The molecule has 7 heteroatoms. The number of amides is 1. The Morgan fingerprint density at radius 2 is 2.09 bits per heavy atom. The number of nitrogens with one attached hydrogen (secondary N) is 1. The minimum atomic E-state index is -0.333. The van der Waals surface area contributed by atoms with Gasteiger partial charge in [0, 0.05) is 29.0 Å². The van der Waals surface area contributed by atoms with E-state index >= 15 is 0 Å². The van der Waals surface area contributed by atoms with Crippen LogP contribution in [0.5, 0.6) is 0 Å². The molecule has 1 aliphatic heterocycles. The Kier molecular flexibility index (Phi) is 4.42. The second kappa shape index (κ2) is 6.07. The number of hydrogen-bond acceptors (Lipinski definition) is 2. The van der Waals surface area contributed by atoms with Gasteiger partial charge in [-0.1, -0.05) is 15.9 Å². The molecule has 3 atom stereocenters. The van der Waals surface area contributed by atoms with Crippen LogP contribution in [0.15, 0.2) is 22.7 Å². The van der Waals surface area contributed by atoms with Crippen LogP contribution in [-0.4, -0.2) is 34.9 Å². The van der Waals surface area contributed by atoms with Crippen LogP contribution in [0, 0.1) is 17.7 Å². The van der Waals surface area contributed by atoms with E-state index in [0.29, 0.717) is 39.5 Å². The highest BCUT2D eigenvalue weighted by atomic mass is 79.9. The molecule has 1 aliphatic carbocycles. The maximum absolute atomic E-state index is 13.9. The van der Waals surface area contributed by atoms with Crippen LogP contribution in [0.25, 0.3) is 10.9 Å². The number of hydrogen-bond donors (Lipinski definition) is 2. The predicted octanol–water partition coefficient (Wildman–Crippen LogP) is 3.30. The van der Waals surface area contributed by atoms with Crippen LogP contribution in [0.3, 0.4) is 0 Å². The highest BCUT2D eigenvalue weighted by Gasteiger charge is 2.42. The molecule has 0 spiro atoms. The van der Waals surface area contributed by atoms with Crippen LogP contribution >= 0.6 is 28.3 Å². The van der Waals surface area contributed by atoms with Crippen molar-refractivity contribution < 1.29 is 9.18 Å². The Hall–Kier alpha value is -1.11. The third-order valence-corrected chi connectivity index (χ3v) is 5.54. The van der Waals surface area contributed by atoms with E-state index in [1.807, 2.05) is 4.90 Å². The summed E-state index contributed by atoms with van der Waals surface area (Å²) in [5, 5.41) is 0.447. The van der Waals surface area contributed by atoms with Crippen molar-refractivity contribution in [3.05, 3.63) is 34.2 Å². The Bertz CT molecular complexity index is 765. The first-order valence-corrected chi connectivity index (χ1v) is 8.35. The number of fused-ring (bicyclic) bond motifs is 2. The monoisotopic (exact) mass is 401 g/mol. The van der Waals surface area contributed by atoms with Crippen molar-refractivity contribution in [2.75, 3.05) is 13.1 Å². The third-order valence-electron chi connectivity index (χ3n) is 5.08. The fourth-order valence-corrected chi connectivity index (χ4v) is 4.35. The normalized spacial score (nSPS) is 26.4. The summed E-state index contributed by atoms with van der Waals surface area (Å²) in [5.74, 6) is 0.543. The number of aromatic nitrogens is 1. The standard InChI is InChI=1S/C16H17BrFN3O.ClH/c17-9-3-12(18)10-5-15(20-14(10)4-9)16(22)21-6-8-1-2-13(19)11(8)7-21;/h3-5,8,11,13,20H,1-2,6-7,19H2;1H. The van der Waals surface area contributed by atoms with Crippen molar-refractivity contribution in [1.29, 1.82) is 0 Å². The maximum Gasteiger partial charge on any atom is 0.270 e. The Morgan fingerprint density at radius 3 is 2.83 bits per heavy atom. The predicted molar refractivity (Wildman–Crippen MR) is 93.3 cm³/mol. The van der Waals surface area contributed by atoms with Gasteiger partial charge in [-0.05, 0) is 42.9 Å². The minimum absolute atomic E-state index is 0. The van der Waals surface area contributed by atoms with E-state index in [1.54, 1.807) is 12.1 Å². The van der Waals surface area contributed by atoms with E-state index in [0.717, 1.165) is 19.4 Å². The molecular weight excluding hydrogens is 385 g/mol. The molecule has 3 N–H and O–H groups in total. The summed E-state index contributed by atoms with van der Waals surface area (Å²) in [5.41, 5.74) is 7.19. The molecular formula is C16H18BrClFN3O. The number of carbonyl (C=O) groups is 1. The van der Waals surface area contributed by atoms with Gasteiger partial charge in [-0.2, -0.15) is 0 Å². The average molecular weight is 403 g/mol. The molecule has 2 fully saturated rings. The van der Waals surface area contributed by atoms with Gasteiger partial charge in [-0.25, -0.2) is 4.39 Å². The van der Waals surface area contributed by atoms with Crippen LogP contribution in [-0.2, 0) is 0 Å². The second-order valence-electron chi connectivity index (χ2n) is 6.41. The average Bonchev–Trinajstić information content (AvgIpc) is 3.14. The zero-order valence-corrected chi connectivity index (χ0v) is 14.8. The highest BCUT2D eigenvalue weighted by molar-refractivity contribution is 9.10. The van der Waals surface area contributed by atoms with Crippen molar-refractivity contribution in [3.63, 3.8) is 0 Å². The van der Waals surface area contributed by atoms with E-state index < -0.39 is 0 Å². The van der Waals surface area contributed by atoms with Gasteiger partial charge in [0.25, 0.3) is 5.91 Å². The summed E-state index contributed by atoms with van der Waals surface area (Å²) in [6, 6.07) is 5.00. The molecule has 0 bridgehead atoms. The molecule has 1 saturated heterocycles. The van der Waals surface area contributed by atoms with Crippen LogP contribution < -0.4 is 5.73 Å². The quantitative estimate of drug-likeness (QED) is 0.769. The molecule has 3 unspecified atom stereocenters. The molecule has 1 aromatic heterocycles. The Morgan fingerprint density at radius 1 is 1.30 bits per heavy atom. The van der Waals surface area contributed by atoms with Crippen molar-refractivity contribution in [2.24, 2.45) is 17.6 Å². The molecule has 1 amide bonds. The van der Waals surface area contributed by atoms with Crippen LogP contribution in [0.1, 0.15) is 23.3 Å². The topological polar surface area (TPSA) is 62.1 Å². The summed E-state index contributed by atoms with van der Waals surface area (Å²) >= 11 is 3.27. The highest BCUT2D eigenvalue weighted by Crippen LogP contribution is 2.37. The lowest BCUT2D eigenvalue weighted by molar-refractivity contribution is 0.0774. The first kappa shape index (κ1) is 16.7. The molecule has 1 aromatic carbocycles. The number of likely N-dealkylation sites (tertiary alicyclic amines) is 1. The zero-order chi connectivity index (χ0) is 15.4. The van der Waals surface area contributed by atoms with E-state index in [9.17, 15) is 9.18 Å². The van der Waals surface area contributed by atoms with Gasteiger partial charge in [0.1, 0.15) is 11.5 Å². The molecule has 4 rings (SSSR count). The van der Waals surface area contributed by atoms with Gasteiger partial charge in [-0.3, -0.25) is 4.79 Å². The smallest absolute Gasteiger partial charge is 0.270 e. The number of carbonyl (C=O) groups excluding carboxylic acids is 1. The van der Waals surface area contributed by atoms with E-state index in [2.05, 4.69) is 20.9 Å². The molecule has 2 aliphatic rings. The van der Waals surface area contributed by atoms with Gasteiger partial charge < -0.3 is 15.6 Å². The minimum Gasteiger partial charge on any atom is -0.350 e. The van der Waals surface area contributed by atoms with Gasteiger partial charge >= 0.3 is 0 Å². The van der Waals surface area contributed by atoms with Gasteiger partial charge in [0.05, 0.1) is 5.52 Å². The van der Waals surface area contributed by atoms with Crippen molar-refractivity contribution in [2.45, 2.75) is 18.9 Å². The van der Waals surface area contributed by atoms with E-state index in [1.165, 1.54) is 6.07 Å². The summed E-state index contributed by atoms with van der Waals surface area (Å²) in [4.78, 5) is 17.6. The number of nitrogens with two attached hydrogens (primary N) is 1. The molecule has 0 radical (unpaired) electrons. The largest absolute Gasteiger partial charge is 0.350 e. The number of H-pyrrole nitrogens is 1. The molecule has 1 saturated carbocycles. The second-order valence-corrected chi connectivity index (χ2v) is 7.32. The number of benzene rings is 1. The number of rotatable bonds is 1. The molecule has 4 nitrogen and oxygen atoms in total. The first-order valence-electron chi connectivity index (χ1n) is 7.55. The van der Waals surface area contributed by atoms with E-state index in [4.69, 9.17) is 5.73 Å². The first-order chi connectivity index (χ1) is 10.5. The molecule has 124 valence electrons. The SMILES string of the molecule is Cl.NC1CCC2CN(C(=O)c3cc4c(F)cc(Br)cc4[nH]3)CC12. The molecule has 23 heavy (non-hydrogen) atoms. The lowest BCUT2D eigenvalue weighted by atomic mass is 9.98. The van der Waals surface area contributed by atoms with Crippen molar-refractivity contribution >= 4 is 45.1 Å². The van der Waals surface area contributed by atoms with Crippen molar-refractivity contribution in [1.82, 2.24) is 9.88 Å². The molecule has 2 heterocycles. The molecule has 2 aromatic rings. The summed E-state index contributed by atoms with van der Waals surface area (Å²) in [6.07, 6.45) is 2.16. The summed E-state index contributed by atoms with van der Waals surface area (Å²) in [7, 11) is 0. The van der Waals surface area contributed by atoms with Gasteiger partial charge in [0.15, 0.2) is 0 Å². The fourth-order valence-electron chi connectivity index (χ4n) is 3.92. The summed E-state index contributed by atoms with van der Waals surface area (Å²) < 4.78 is 14.6. The Balaban J connectivity index is 0.00000156. The lowest BCUT2D eigenvalue weighted by Gasteiger charge is -2.17. The lowest BCUT2D eigenvalue weighted by Crippen LogP contribution is -2.33. The fraction of sp³-hybridized carbons (Fsp3) is 0.438. The summed E-state index contributed by atoms with van der Waals surface area (Å²) in [6.45, 7) is 1.48. The number of nitrogens with zero attached hydrogens (tertiary/aromatic N) is 1. The van der Waals surface area contributed by atoms with Gasteiger partial charge in [-0.15, -0.1) is 12.4 Å². The van der Waals surface area contributed by atoms with Gasteiger partial charge in [0.2, 0.25) is 0 Å².